The Kier molecular flexibility index (Phi) is 2.79. The summed E-state index contributed by atoms with van der Waals surface area (Å²) in [5.74, 6) is 0. The van der Waals surface area contributed by atoms with Crippen LogP contribution in [0.4, 0.5) is 13.2 Å². The molecule has 0 aliphatic heterocycles. The van der Waals surface area contributed by atoms with Crippen LogP contribution in [0.3, 0.4) is 0 Å². The van der Waals surface area contributed by atoms with E-state index in [0.29, 0.717) is 10.1 Å². The highest BCUT2D eigenvalue weighted by Gasteiger charge is 2.28. The number of alkyl halides is 3. The quantitative estimate of drug-likeness (QED) is 0.779. The topological polar surface area (TPSA) is 58.7 Å². The van der Waals surface area contributed by atoms with Crippen LogP contribution in [0.5, 0.6) is 0 Å². The van der Waals surface area contributed by atoms with Crippen LogP contribution in [-0.4, -0.2) is 15.7 Å². The largest absolute Gasteiger partial charge is 0.406 e. The van der Waals surface area contributed by atoms with E-state index in [1.807, 2.05) is 6.07 Å². The molecule has 7 heteroatoms. The number of rotatable bonds is 1. The van der Waals surface area contributed by atoms with Crippen molar-refractivity contribution in [2.75, 3.05) is 0 Å². The summed E-state index contributed by atoms with van der Waals surface area (Å²) < 4.78 is 37.1. The molecule has 2 aromatic rings. The van der Waals surface area contributed by atoms with Crippen LogP contribution in [0.1, 0.15) is 5.56 Å². The van der Waals surface area contributed by atoms with E-state index in [2.05, 4.69) is 4.98 Å². The number of nitriles is 1. The van der Waals surface area contributed by atoms with E-state index in [-0.39, 0.29) is 10.9 Å². The highest BCUT2D eigenvalue weighted by atomic mass is 19.4. The summed E-state index contributed by atoms with van der Waals surface area (Å²) in [4.78, 5) is 15.5. The second kappa shape index (κ2) is 4.14. The number of halogens is 3. The van der Waals surface area contributed by atoms with Crippen molar-refractivity contribution in [3.8, 4) is 6.07 Å². The van der Waals surface area contributed by atoms with Crippen LogP contribution in [0.25, 0.3) is 10.9 Å². The predicted octanol–water partition coefficient (Wildman–Crippen LogP) is 1.83. The first-order chi connectivity index (χ1) is 8.40. The van der Waals surface area contributed by atoms with Gasteiger partial charge in [-0.3, -0.25) is 9.36 Å². The van der Waals surface area contributed by atoms with Gasteiger partial charge in [-0.25, -0.2) is 4.98 Å². The normalized spacial score (nSPS) is 11.4. The molecular formula is C11H6F3N3O. The third-order valence-corrected chi connectivity index (χ3v) is 2.30. The summed E-state index contributed by atoms with van der Waals surface area (Å²) in [6.45, 7) is -1.38. The van der Waals surface area contributed by atoms with Crippen LogP contribution in [0.2, 0.25) is 0 Å². The number of hydrogen-bond acceptors (Lipinski definition) is 3. The van der Waals surface area contributed by atoms with Crippen LogP contribution in [-0.2, 0) is 6.54 Å². The summed E-state index contributed by atoms with van der Waals surface area (Å²) in [7, 11) is 0. The van der Waals surface area contributed by atoms with Gasteiger partial charge in [0.05, 0.1) is 28.9 Å². The average molecular weight is 253 g/mol. The molecule has 0 bridgehead atoms. The van der Waals surface area contributed by atoms with Gasteiger partial charge in [-0.15, -0.1) is 0 Å². The Morgan fingerprint density at radius 3 is 2.72 bits per heavy atom. The van der Waals surface area contributed by atoms with Crippen molar-refractivity contribution in [3.05, 3.63) is 40.4 Å². The van der Waals surface area contributed by atoms with Crippen molar-refractivity contribution in [1.82, 2.24) is 9.55 Å². The fourth-order valence-corrected chi connectivity index (χ4v) is 1.53. The maximum Gasteiger partial charge on any atom is 0.406 e. The second-order valence-electron chi connectivity index (χ2n) is 3.64. The molecule has 0 fully saturated rings. The van der Waals surface area contributed by atoms with Crippen LogP contribution < -0.4 is 5.56 Å². The van der Waals surface area contributed by atoms with Gasteiger partial charge in [0.15, 0.2) is 0 Å². The third-order valence-electron chi connectivity index (χ3n) is 2.30. The summed E-state index contributed by atoms with van der Waals surface area (Å²) in [5, 5.41) is 8.72. The highest BCUT2D eigenvalue weighted by molar-refractivity contribution is 5.78. The minimum atomic E-state index is -4.48. The molecule has 1 aromatic carbocycles. The van der Waals surface area contributed by atoms with Gasteiger partial charge < -0.3 is 0 Å². The minimum Gasteiger partial charge on any atom is -0.290 e. The molecule has 0 atom stereocenters. The standard InChI is InChI=1S/C11H6F3N3O/c12-11(13,14)5-17-6-16-9-3-7(4-15)1-2-8(9)10(17)18/h1-3,6H,5H2. The number of hydrogen-bond donors (Lipinski definition) is 0. The molecule has 4 nitrogen and oxygen atoms in total. The lowest BCUT2D eigenvalue weighted by Gasteiger charge is -2.09. The van der Waals surface area contributed by atoms with E-state index < -0.39 is 18.3 Å². The van der Waals surface area contributed by atoms with Crippen molar-refractivity contribution in [1.29, 1.82) is 5.26 Å². The summed E-state index contributed by atoms with van der Waals surface area (Å²) >= 11 is 0. The first-order valence-electron chi connectivity index (χ1n) is 4.87. The van der Waals surface area contributed by atoms with Crippen LogP contribution >= 0.6 is 0 Å². The Bertz CT molecular complexity index is 697. The molecule has 2 rings (SSSR count). The predicted molar refractivity (Wildman–Crippen MR) is 56.8 cm³/mol. The zero-order valence-corrected chi connectivity index (χ0v) is 8.90. The van der Waals surface area contributed by atoms with E-state index >= 15 is 0 Å². The van der Waals surface area contributed by atoms with Crippen LogP contribution in [0.15, 0.2) is 29.3 Å². The lowest BCUT2D eigenvalue weighted by Crippen LogP contribution is -2.28. The van der Waals surface area contributed by atoms with Crippen molar-refractivity contribution < 1.29 is 13.2 Å². The summed E-state index contributed by atoms with van der Waals surface area (Å²) in [6.07, 6.45) is -3.65. The van der Waals surface area contributed by atoms with Crippen molar-refractivity contribution in [2.45, 2.75) is 12.7 Å². The van der Waals surface area contributed by atoms with E-state index in [9.17, 15) is 18.0 Å². The SMILES string of the molecule is N#Cc1ccc2c(=O)n(CC(F)(F)F)cnc2c1. The zero-order chi connectivity index (χ0) is 13.3. The fraction of sp³-hybridized carbons (Fsp3) is 0.182. The third kappa shape index (κ3) is 2.32. The Balaban J connectivity index is 2.59. The van der Waals surface area contributed by atoms with Gasteiger partial charge in [0, 0.05) is 0 Å². The molecule has 18 heavy (non-hydrogen) atoms. The molecule has 1 heterocycles. The van der Waals surface area contributed by atoms with E-state index in [1.165, 1.54) is 18.2 Å². The number of benzene rings is 1. The van der Waals surface area contributed by atoms with E-state index in [1.54, 1.807) is 0 Å². The first kappa shape index (κ1) is 12.1. The average Bonchev–Trinajstić information content (AvgIpc) is 2.31. The van der Waals surface area contributed by atoms with E-state index in [4.69, 9.17) is 5.26 Å². The zero-order valence-electron chi connectivity index (χ0n) is 8.90. The Morgan fingerprint density at radius 2 is 2.11 bits per heavy atom. The maximum absolute atomic E-state index is 12.2. The molecule has 1 aromatic heterocycles. The molecule has 0 radical (unpaired) electrons. The minimum absolute atomic E-state index is 0.0563. The molecule has 0 saturated heterocycles. The van der Waals surface area contributed by atoms with Gasteiger partial charge in [-0.05, 0) is 18.2 Å². The molecule has 92 valence electrons. The van der Waals surface area contributed by atoms with Crippen molar-refractivity contribution in [3.63, 3.8) is 0 Å². The lowest BCUT2D eigenvalue weighted by atomic mass is 10.2. The Labute approximate surface area is 98.9 Å². The van der Waals surface area contributed by atoms with Gasteiger partial charge in [-0.1, -0.05) is 0 Å². The second-order valence-corrected chi connectivity index (χ2v) is 3.64. The van der Waals surface area contributed by atoms with Gasteiger partial charge in [0.2, 0.25) is 0 Å². The molecule has 0 N–H and O–H groups in total. The van der Waals surface area contributed by atoms with Gasteiger partial charge in [-0.2, -0.15) is 18.4 Å². The number of aromatic nitrogens is 2. The Morgan fingerprint density at radius 1 is 1.39 bits per heavy atom. The maximum atomic E-state index is 12.2. The smallest absolute Gasteiger partial charge is 0.290 e. The van der Waals surface area contributed by atoms with Crippen molar-refractivity contribution >= 4 is 10.9 Å². The van der Waals surface area contributed by atoms with Gasteiger partial charge in [0.1, 0.15) is 6.54 Å². The summed E-state index contributed by atoms with van der Waals surface area (Å²) in [6, 6.07) is 5.88. The number of fused-ring (bicyclic) bond motifs is 1. The Hall–Kier alpha value is -2.36. The molecule has 0 saturated carbocycles. The number of nitrogens with zero attached hydrogens (tertiary/aromatic N) is 3. The highest BCUT2D eigenvalue weighted by Crippen LogP contribution is 2.17. The molecule has 0 unspecified atom stereocenters. The van der Waals surface area contributed by atoms with Gasteiger partial charge >= 0.3 is 6.18 Å². The lowest BCUT2D eigenvalue weighted by molar-refractivity contribution is -0.141. The monoisotopic (exact) mass is 253 g/mol. The molecule has 0 spiro atoms. The molecular weight excluding hydrogens is 247 g/mol. The van der Waals surface area contributed by atoms with Crippen molar-refractivity contribution in [2.24, 2.45) is 0 Å². The van der Waals surface area contributed by atoms with Crippen LogP contribution in [0, 0.1) is 11.3 Å². The van der Waals surface area contributed by atoms with E-state index in [0.717, 1.165) is 6.33 Å². The molecule has 0 aliphatic rings. The fourth-order valence-electron chi connectivity index (χ4n) is 1.53. The molecule has 0 aliphatic carbocycles. The molecule has 0 amide bonds. The van der Waals surface area contributed by atoms with Gasteiger partial charge in [0.25, 0.3) is 5.56 Å². The first-order valence-corrected chi connectivity index (χ1v) is 4.87. The summed E-state index contributed by atoms with van der Waals surface area (Å²) in [5.41, 5.74) is -0.276.